The van der Waals surface area contributed by atoms with Crippen LogP contribution in [0.25, 0.3) is 0 Å². The van der Waals surface area contributed by atoms with E-state index in [0.29, 0.717) is 25.7 Å². The molecule has 1 aromatic heterocycles. The van der Waals surface area contributed by atoms with Crippen molar-refractivity contribution in [2.24, 2.45) is 10.9 Å². The normalized spacial score (nSPS) is 17.1. The highest BCUT2D eigenvalue weighted by Crippen LogP contribution is 2.17. The second-order valence-electron chi connectivity index (χ2n) is 7.39. The number of nitrogens with zero attached hydrogens (tertiary/aromatic N) is 4. The number of likely N-dealkylation sites (tertiary alicyclic amines) is 1. The molecule has 1 saturated heterocycles. The van der Waals surface area contributed by atoms with Gasteiger partial charge in [0, 0.05) is 51.6 Å². The van der Waals surface area contributed by atoms with E-state index in [2.05, 4.69) is 51.0 Å². The molecule has 3 rings (SSSR count). The lowest BCUT2D eigenvalue weighted by Crippen LogP contribution is -2.40. The monoisotopic (exact) mass is 399 g/mol. The van der Waals surface area contributed by atoms with Crippen LogP contribution in [0.2, 0.25) is 0 Å². The number of aliphatic imine (C=N–C) groups is 1. The molecule has 29 heavy (non-hydrogen) atoms. The van der Waals surface area contributed by atoms with Gasteiger partial charge in [-0.25, -0.2) is 9.98 Å². The van der Waals surface area contributed by atoms with E-state index in [1.54, 1.807) is 7.11 Å². The van der Waals surface area contributed by atoms with E-state index in [-0.39, 0.29) is 0 Å². The quantitative estimate of drug-likeness (QED) is 0.378. The van der Waals surface area contributed by atoms with Crippen molar-refractivity contribution in [3.05, 3.63) is 54.1 Å². The average molecular weight is 400 g/mol. The second kappa shape index (κ2) is 11.6. The fourth-order valence-corrected chi connectivity index (χ4v) is 3.56. The van der Waals surface area contributed by atoms with Gasteiger partial charge >= 0.3 is 0 Å². The molecule has 158 valence electrons. The van der Waals surface area contributed by atoms with Crippen LogP contribution in [-0.2, 0) is 22.6 Å². The van der Waals surface area contributed by atoms with Crippen LogP contribution in [0.1, 0.15) is 24.5 Å². The second-order valence-corrected chi connectivity index (χ2v) is 7.39. The zero-order chi connectivity index (χ0) is 20.3. The summed E-state index contributed by atoms with van der Waals surface area (Å²) in [6, 6.07) is 8.62. The third-order valence-electron chi connectivity index (χ3n) is 5.03. The molecular weight excluding hydrogens is 366 g/mol. The topological polar surface area (TPSA) is 63.9 Å². The highest BCUT2D eigenvalue weighted by molar-refractivity contribution is 5.80. The van der Waals surface area contributed by atoms with Crippen molar-refractivity contribution < 1.29 is 9.47 Å². The summed E-state index contributed by atoms with van der Waals surface area (Å²) in [5, 5.41) is 3.45. The summed E-state index contributed by atoms with van der Waals surface area (Å²) in [6.45, 7) is 8.59. The van der Waals surface area contributed by atoms with Gasteiger partial charge in [-0.2, -0.15) is 0 Å². The van der Waals surface area contributed by atoms with Gasteiger partial charge in [0.1, 0.15) is 0 Å². The molecule has 7 heteroatoms. The predicted molar refractivity (Wildman–Crippen MR) is 115 cm³/mol. The van der Waals surface area contributed by atoms with Crippen molar-refractivity contribution in [3.8, 4) is 0 Å². The third-order valence-corrected chi connectivity index (χ3v) is 5.03. The predicted octanol–water partition coefficient (Wildman–Crippen LogP) is 2.38. The van der Waals surface area contributed by atoms with Crippen molar-refractivity contribution in [2.45, 2.75) is 26.4 Å². The lowest BCUT2D eigenvalue weighted by atomic mass is 10.1. The number of hydrogen-bond donors (Lipinski definition) is 1. The van der Waals surface area contributed by atoms with Crippen LogP contribution < -0.4 is 5.32 Å². The number of imidazole rings is 1. The lowest BCUT2D eigenvalue weighted by molar-refractivity contribution is 0.0536. The molecule has 1 atom stereocenters. The molecule has 2 aromatic rings. The Morgan fingerprint density at radius 2 is 2.21 bits per heavy atom. The Bertz CT molecular complexity index is 747. The molecule has 2 heterocycles. The zero-order valence-electron chi connectivity index (χ0n) is 17.6. The van der Waals surface area contributed by atoms with Gasteiger partial charge in [0.2, 0.25) is 0 Å². The molecule has 1 N–H and O–H groups in total. The molecule has 1 aliphatic rings. The Kier molecular flexibility index (Phi) is 8.52. The van der Waals surface area contributed by atoms with Gasteiger partial charge in [0.15, 0.2) is 5.96 Å². The van der Waals surface area contributed by atoms with Crippen molar-refractivity contribution in [1.29, 1.82) is 0 Å². The van der Waals surface area contributed by atoms with Gasteiger partial charge in [0.05, 0.1) is 32.7 Å². The number of aromatic nitrogens is 2. The van der Waals surface area contributed by atoms with E-state index < -0.39 is 0 Å². The van der Waals surface area contributed by atoms with Crippen LogP contribution >= 0.6 is 0 Å². The van der Waals surface area contributed by atoms with E-state index in [1.165, 1.54) is 11.1 Å². The Balaban J connectivity index is 1.55. The molecule has 0 bridgehead atoms. The van der Waals surface area contributed by atoms with Crippen LogP contribution in [-0.4, -0.2) is 67.0 Å². The summed E-state index contributed by atoms with van der Waals surface area (Å²) in [7, 11) is 1.70. The van der Waals surface area contributed by atoms with E-state index in [1.807, 2.05) is 18.7 Å². The summed E-state index contributed by atoms with van der Waals surface area (Å²) in [5.74, 6) is 1.54. The summed E-state index contributed by atoms with van der Waals surface area (Å²) >= 11 is 0. The van der Waals surface area contributed by atoms with E-state index in [4.69, 9.17) is 14.5 Å². The molecule has 1 aliphatic heterocycles. The minimum atomic E-state index is 0.550. The molecule has 0 amide bonds. The Hall–Kier alpha value is -2.38. The van der Waals surface area contributed by atoms with Crippen molar-refractivity contribution in [2.75, 3.05) is 46.6 Å². The maximum Gasteiger partial charge on any atom is 0.194 e. The van der Waals surface area contributed by atoms with Crippen LogP contribution in [0.4, 0.5) is 0 Å². The first-order valence-electron chi connectivity index (χ1n) is 10.4. The summed E-state index contributed by atoms with van der Waals surface area (Å²) in [6.07, 6.45) is 6.77. The Labute approximate surface area is 173 Å². The smallest absolute Gasteiger partial charge is 0.194 e. The molecular formula is C22H33N5O2. The molecule has 0 radical (unpaired) electrons. The largest absolute Gasteiger partial charge is 0.382 e. The standard InChI is InChI=1S/C22H33N5O2/c1-3-24-22(27-9-7-21(16-27)17-29-12-11-28-2)25-14-19-5-4-6-20(13-19)15-26-10-8-23-18-26/h4-6,8,10,13,18,21H,3,7,9,11-12,14-17H2,1-2H3,(H,24,25). The van der Waals surface area contributed by atoms with Crippen LogP contribution in [0.15, 0.2) is 48.0 Å². The first-order valence-corrected chi connectivity index (χ1v) is 10.4. The summed E-state index contributed by atoms with van der Waals surface area (Å²) in [5.41, 5.74) is 2.48. The molecule has 1 aromatic carbocycles. The van der Waals surface area contributed by atoms with Crippen molar-refractivity contribution in [3.63, 3.8) is 0 Å². The minimum Gasteiger partial charge on any atom is -0.382 e. The number of hydrogen-bond acceptors (Lipinski definition) is 4. The average Bonchev–Trinajstić information content (AvgIpc) is 3.41. The number of nitrogens with one attached hydrogen (secondary N) is 1. The third kappa shape index (κ3) is 6.87. The van der Waals surface area contributed by atoms with E-state index in [9.17, 15) is 0 Å². The van der Waals surface area contributed by atoms with Gasteiger partial charge in [-0.1, -0.05) is 24.3 Å². The molecule has 0 saturated carbocycles. The maximum absolute atomic E-state index is 5.71. The summed E-state index contributed by atoms with van der Waals surface area (Å²) < 4.78 is 12.8. The van der Waals surface area contributed by atoms with Crippen molar-refractivity contribution >= 4 is 5.96 Å². The molecule has 1 fully saturated rings. The number of methoxy groups -OCH3 is 1. The molecule has 7 nitrogen and oxygen atoms in total. The first-order chi connectivity index (χ1) is 14.3. The maximum atomic E-state index is 5.71. The Morgan fingerprint density at radius 3 is 3.00 bits per heavy atom. The fourth-order valence-electron chi connectivity index (χ4n) is 3.56. The van der Waals surface area contributed by atoms with Crippen LogP contribution in [0.5, 0.6) is 0 Å². The van der Waals surface area contributed by atoms with E-state index >= 15 is 0 Å². The highest BCUT2D eigenvalue weighted by atomic mass is 16.5. The fraction of sp³-hybridized carbons (Fsp3) is 0.545. The molecule has 0 aliphatic carbocycles. The number of rotatable bonds is 10. The highest BCUT2D eigenvalue weighted by Gasteiger charge is 2.24. The van der Waals surface area contributed by atoms with Gasteiger partial charge in [-0.05, 0) is 24.5 Å². The zero-order valence-corrected chi connectivity index (χ0v) is 17.6. The van der Waals surface area contributed by atoms with Crippen LogP contribution in [0.3, 0.4) is 0 Å². The Morgan fingerprint density at radius 1 is 1.31 bits per heavy atom. The number of ether oxygens (including phenoxy) is 2. The lowest BCUT2D eigenvalue weighted by Gasteiger charge is -2.21. The molecule has 1 unspecified atom stereocenters. The number of benzene rings is 1. The van der Waals surface area contributed by atoms with Gasteiger partial charge in [-0.15, -0.1) is 0 Å². The van der Waals surface area contributed by atoms with Crippen LogP contribution in [0, 0.1) is 5.92 Å². The molecule has 0 spiro atoms. The first kappa shape index (κ1) is 21.3. The summed E-state index contributed by atoms with van der Waals surface area (Å²) in [4.78, 5) is 11.4. The van der Waals surface area contributed by atoms with Gasteiger partial charge in [0.25, 0.3) is 0 Å². The SMILES string of the molecule is CCNC(=NCc1cccc(Cn2ccnc2)c1)N1CCC(COCCOC)C1. The van der Waals surface area contributed by atoms with Crippen molar-refractivity contribution in [1.82, 2.24) is 19.8 Å². The minimum absolute atomic E-state index is 0.550. The van der Waals surface area contributed by atoms with E-state index in [0.717, 1.165) is 45.2 Å². The van der Waals surface area contributed by atoms with Gasteiger partial charge < -0.3 is 24.3 Å². The van der Waals surface area contributed by atoms with Gasteiger partial charge in [-0.3, -0.25) is 0 Å². The number of guanidine groups is 1.